The van der Waals surface area contributed by atoms with E-state index in [1.807, 2.05) is 4.57 Å². The highest BCUT2D eigenvalue weighted by Gasteiger charge is 2.35. The Hall–Kier alpha value is -2.42. The van der Waals surface area contributed by atoms with E-state index < -0.39 is 11.7 Å². The van der Waals surface area contributed by atoms with E-state index in [0.29, 0.717) is 34.9 Å². The molecular weight excluding hydrogens is 312 g/mol. The van der Waals surface area contributed by atoms with Crippen LogP contribution in [0.15, 0.2) is 12.7 Å². The third kappa shape index (κ3) is 3.12. The summed E-state index contributed by atoms with van der Waals surface area (Å²) in [5, 5.41) is 10.8. The van der Waals surface area contributed by atoms with Gasteiger partial charge in [-0.25, -0.2) is 19.7 Å². The first-order valence-electron chi connectivity index (χ1n) is 7.90. The molecule has 1 fully saturated rings. The molecule has 1 saturated carbocycles. The zero-order valence-electron chi connectivity index (χ0n) is 14.0. The van der Waals surface area contributed by atoms with Gasteiger partial charge in [0.15, 0.2) is 11.5 Å². The fourth-order valence-electron chi connectivity index (χ4n) is 3.00. The second kappa shape index (κ2) is 5.90. The van der Waals surface area contributed by atoms with Crippen molar-refractivity contribution in [3.05, 3.63) is 12.7 Å². The number of nitrogens with zero attached hydrogens (tertiary/aromatic N) is 5. The van der Waals surface area contributed by atoms with Crippen LogP contribution in [0.3, 0.4) is 0 Å². The van der Waals surface area contributed by atoms with E-state index in [4.69, 9.17) is 10.5 Å². The van der Waals surface area contributed by atoms with Crippen LogP contribution in [0.25, 0.3) is 11.2 Å². The van der Waals surface area contributed by atoms with E-state index in [1.54, 1.807) is 27.1 Å². The first kappa shape index (κ1) is 16.4. The van der Waals surface area contributed by atoms with Crippen molar-refractivity contribution >= 4 is 23.1 Å². The number of imidazole rings is 1. The van der Waals surface area contributed by atoms with Crippen molar-refractivity contribution in [2.45, 2.75) is 57.7 Å². The normalized spacial score (nSPS) is 21.2. The molecule has 0 spiro atoms. The Morgan fingerprint density at radius 2 is 2.12 bits per heavy atom. The Balaban J connectivity index is 1.73. The van der Waals surface area contributed by atoms with Crippen molar-refractivity contribution in [3.8, 4) is 0 Å². The summed E-state index contributed by atoms with van der Waals surface area (Å²) in [5.74, 6) is 0.339. The van der Waals surface area contributed by atoms with E-state index in [1.165, 1.54) is 6.33 Å². The number of hydroxylamine groups is 2. The maximum Gasteiger partial charge on any atom is 0.434 e. The molecule has 0 unspecified atom stereocenters. The number of amides is 1. The summed E-state index contributed by atoms with van der Waals surface area (Å²) >= 11 is 0. The standard InChI is InChI=1S/C15H22N6O3/c1-15(2,3)24-14(22)21(23)10-5-4-9(6-10)20-8-19-11-12(16)17-7-18-13(11)20/h7-10,23H,4-6H2,1-3H3,(H2,16,17,18)/t9-,10+/m0/s1. The quantitative estimate of drug-likeness (QED) is 0.637. The van der Waals surface area contributed by atoms with Gasteiger partial charge in [0.2, 0.25) is 0 Å². The molecular formula is C15H22N6O3. The highest BCUT2D eigenvalue weighted by molar-refractivity contribution is 5.81. The van der Waals surface area contributed by atoms with Crippen LogP contribution in [0.1, 0.15) is 46.1 Å². The molecule has 1 amide bonds. The molecule has 130 valence electrons. The van der Waals surface area contributed by atoms with Gasteiger partial charge in [-0.1, -0.05) is 0 Å². The number of nitrogen functional groups attached to an aromatic ring is 1. The average molecular weight is 334 g/mol. The molecule has 0 aliphatic heterocycles. The minimum absolute atomic E-state index is 0.0754. The molecule has 0 saturated heterocycles. The molecule has 2 atom stereocenters. The molecule has 0 bridgehead atoms. The Morgan fingerprint density at radius 1 is 1.38 bits per heavy atom. The molecule has 2 aromatic heterocycles. The van der Waals surface area contributed by atoms with Crippen LogP contribution in [-0.2, 0) is 4.74 Å². The zero-order chi connectivity index (χ0) is 17.5. The van der Waals surface area contributed by atoms with Gasteiger partial charge in [-0.3, -0.25) is 5.21 Å². The molecule has 3 N–H and O–H groups in total. The maximum absolute atomic E-state index is 12.0. The van der Waals surface area contributed by atoms with E-state index in [9.17, 15) is 10.0 Å². The predicted octanol–water partition coefficient (Wildman–Crippen LogP) is 2.13. The lowest BCUT2D eigenvalue weighted by Gasteiger charge is -2.26. The summed E-state index contributed by atoms with van der Waals surface area (Å²) in [4.78, 5) is 24.4. The number of fused-ring (bicyclic) bond motifs is 1. The number of nitrogens with two attached hydrogens (primary N) is 1. The molecule has 3 rings (SSSR count). The second-order valence-electron chi connectivity index (χ2n) is 7.03. The summed E-state index contributed by atoms with van der Waals surface area (Å²) in [6.45, 7) is 5.29. The molecule has 1 aliphatic rings. The van der Waals surface area contributed by atoms with Crippen molar-refractivity contribution in [2.75, 3.05) is 5.73 Å². The van der Waals surface area contributed by atoms with Crippen LogP contribution in [-0.4, -0.2) is 47.5 Å². The van der Waals surface area contributed by atoms with E-state index in [-0.39, 0.29) is 12.1 Å². The fraction of sp³-hybridized carbons (Fsp3) is 0.600. The summed E-state index contributed by atoms with van der Waals surface area (Å²) < 4.78 is 7.13. The number of carbonyl (C=O) groups excluding carboxylic acids is 1. The molecule has 9 heteroatoms. The van der Waals surface area contributed by atoms with Crippen LogP contribution >= 0.6 is 0 Å². The van der Waals surface area contributed by atoms with Crippen LogP contribution < -0.4 is 5.73 Å². The number of rotatable bonds is 2. The molecule has 1 aliphatic carbocycles. The van der Waals surface area contributed by atoms with E-state index >= 15 is 0 Å². The summed E-state index contributed by atoms with van der Waals surface area (Å²) in [6, 6.07) is -0.229. The molecule has 2 aromatic rings. The lowest BCUT2D eigenvalue weighted by molar-refractivity contribution is -0.119. The van der Waals surface area contributed by atoms with Crippen LogP contribution in [0.5, 0.6) is 0 Å². The SMILES string of the molecule is CC(C)(C)OC(=O)N(O)[C@@H]1CC[C@H](n2cnc3c(N)ncnc32)C1. The first-order valence-corrected chi connectivity index (χ1v) is 7.90. The third-order valence-electron chi connectivity index (χ3n) is 4.08. The Kier molecular flexibility index (Phi) is 4.04. The Morgan fingerprint density at radius 3 is 2.83 bits per heavy atom. The van der Waals surface area contributed by atoms with Gasteiger partial charge in [-0.2, -0.15) is 5.06 Å². The van der Waals surface area contributed by atoms with Gasteiger partial charge < -0.3 is 15.0 Å². The van der Waals surface area contributed by atoms with Crippen molar-refractivity contribution in [1.82, 2.24) is 24.6 Å². The monoisotopic (exact) mass is 334 g/mol. The summed E-state index contributed by atoms with van der Waals surface area (Å²) in [6.07, 6.45) is 4.40. The lowest BCUT2D eigenvalue weighted by Crippen LogP contribution is -2.40. The van der Waals surface area contributed by atoms with Gasteiger partial charge in [-0.05, 0) is 40.0 Å². The van der Waals surface area contributed by atoms with E-state index in [2.05, 4.69) is 15.0 Å². The molecule has 2 heterocycles. The smallest absolute Gasteiger partial charge is 0.434 e. The van der Waals surface area contributed by atoms with Gasteiger partial charge in [0.1, 0.15) is 17.4 Å². The number of aromatic nitrogens is 4. The first-order chi connectivity index (χ1) is 11.3. The Labute approximate surface area is 139 Å². The highest BCUT2D eigenvalue weighted by Crippen LogP contribution is 2.35. The topological polar surface area (TPSA) is 119 Å². The molecule has 0 radical (unpaired) electrons. The average Bonchev–Trinajstić information content (AvgIpc) is 3.11. The van der Waals surface area contributed by atoms with E-state index in [0.717, 1.165) is 6.42 Å². The van der Waals surface area contributed by atoms with Crippen molar-refractivity contribution in [1.29, 1.82) is 0 Å². The number of hydrogen-bond donors (Lipinski definition) is 2. The second-order valence-corrected chi connectivity index (χ2v) is 7.03. The van der Waals surface area contributed by atoms with Crippen LogP contribution in [0.2, 0.25) is 0 Å². The van der Waals surface area contributed by atoms with Gasteiger partial charge in [0.05, 0.1) is 12.4 Å². The summed E-state index contributed by atoms with van der Waals surface area (Å²) in [7, 11) is 0. The minimum atomic E-state index is -0.727. The maximum atomic E-state index is 12.0. The van der Waals surface area contributed by atoms with Gasteiger partial charge >= 0.3 is 6.09 Å². The molecule has 9 nitrogen and oxygen atoms in total. The van der Waals surface area contributed by atoms with Crippen LogP contribution in [0.4, 0.5) is 10.6 Å². The van der Waals surface area contributed by atoms with Crippen molar-refractivity contribution in [2.24, 2.45) is 0 Å². The minimum Gasteiger partial charge on any atom is -0.442 e. The van der Waals surface area contributed by atoms with Crippen LogP contribution in [0, 0.1) is 0 Å². The van der Waals surface area contributed by atoms with Gasteiger partial charge in [-0.15, -0.1) is 0 Å². The molecule has 0 aromatic carbocycles. The number of hydrogen-bond acceptors (Lipinski definition) is 7. The Bertz CT molecular complexity index is 753. The zero-order valence-corrected chi connectivity index (χ0v) is 14.0. The molecule has 24 heavy (non-hydrogen) atoms. The number of carbonyl (C=O) groups is 1. The fourth-order valence-corrected chi connectivity index (χ4v) is 3.00. The highest BCUT2D eigenvalue weighted by atomic mass is 16.6. The van der Waals surface area contributed by atoms with Gasteiger partial charge in [0.25, 0.3) is 0 Å². The van der Waals surface area contributed by atoms with Crippen molar-refractivity contribution < 1.29 is 14.7 Å². The van der Waals surface area contributed by atoms with Crippen molar-refractivity contribution in [3.63, 3.8) is 0 Å². The third-order valence-corrected chi connectivity index (χ3v) is 4.08. The van der Waals surface area contributed by atoms with Gasteiger partial charge in [0, 0.05) is 6.04 Å². The number of ether oxygens (including phenoxy) is 1. The largest absolute Gasteiger partial charge is 0.442 e. The summed E-state index contributed by atoms with van der Waals surface area (Å²) in [5.41, 5.74) is 6.38. The predicted molar refractivity (Wildman–Crippen MR) is 86.3 cm³/mol. The lowest BCUT2D eigenvalue weighted by atomic mass is 10.2. The number of anilines is 1.